The first kappa shape index (κ1) is 39.2. The Labute approximate surface area is 395 Å². The molecule has 0 aromatic heterocycles. The second-order valence-corrected chi connectivity index (χ2v) is 22.6. The molecule has 0 atom stereocenters. The standard InChI is InChI=1S/C66H55N/c1-62(2)48-28-18-15-23-39(48)44-31-52-47(32-51(44)62)61-43-27-14-13-26-42(43)58(37-57(61)65(52,7)8)67-59-33-45-40-24-16-19-29-49(40)63(3,4)53(45)35-55(59)66(9,38-21-11-10-12-22-38)56-36-54-46(34-60(56)67)41-25-17-20-30-50(41)64(54,5)6/h10-37H,1-9H3. The third kappa shape index (κ3) is 4.66. The van der Waals surface area contributed by atoms with Crippen molar-refractivity contribution in [3.63, 3.8) is 0 Å². The van der Waals surface area contributed by atoms with Gasteiger partial charge >= 0.3 is 0 Å². The second kappa shape index (κ2) is 12.5. The largest absolute Gasteiger partial charge is 0.309 e. The smallest absolute Gasteiger partial charge is 0.0543 e. The highest BCUT2D eigenvalue weighted by Gasteiger charge is 2.49. The van der Waals surface area contributed by atoms with Crippen molar-refractivity contribution in [2.75, 3.05) is 4.90 Å². The van der Waals surface area contributed by atoms with Crippen LogP contribution in [0.3, 0.4) is 0 Å². The molecule has 0 fully saturated rings. The third-order valence-electron chi connectivity index (χ3n) is 17.9. The van der Waals surface area contributed by atoms with E-state index in [0.29, 0.717) is 0 Å². The molecule has 0 N–H and O–H groups in total. The minimum Gasteiger partial charge on any atom is -0.309 e. The molecule has 0 saturated heterocycles. The van der Waals surface area contributed by atoms with Gasteiger partial charge in [0, 0.05) is 32.5 Å². The monoisotopic (exact) mass is 861 g/mol. The lowest BCUT2D eigenvalue weighted by Gasteiger charge is -2.46. The molecule has 0 radical (unpaired) electrons. The predicted octanol–water partition coefficient (Wildman–Crippen LogP) is 17.2. The van der Waals surface area contributed by atoms with E-state index >= 15 is 0 Å². The molecular formula is C66H55N. The molecule has 14 rings (SSSR count). The van der Waals surface area contributed by atoms with Crippen LogP contribution in [0.2, 0.25) is 0 Å². The average Bonchev–Trinajstić information content (AvgIpc) is 3.90. The van der Waals surface area contributed by atoms with Crippen molar-refractivity contribution in [2.24, 2.45) is 0 Å². The summed E-state index contributed by atoms with van der Waals surface area (Å²) in [5, 5.41) is 2.59. The van der Waals surface area contributed by atoms with Crippen LogP contribution in [-0.4, -0.2) is 0 Å². The van der Waals surface area contributed by atoms with Crippen LogP contribution in [0, 0.1) is 0 Å². The van der Waals surface area contributed by atoms with Crippen LogP contribution in [0.25, 0.3) is 55.3 Å². The van der Waals surface area contributed by atoms with Gasteiger partial charge in [0.2, 0.25) is 0 Å². The molecular weight excluding hydrogens is 807 g/mol. The van der Waals surface area contributed by atoms with Crippen molar-refractivity contribution in [1.29, 1.82) is 0 Å². The van der Waals surface area contributed by atoms with Crippen LogP contribution >= 0.6 is 0 Å². The molecule has 67 heavy (non-hydrogen) atoms. The lowest BCUT2D eigenvalue weighted by atomic mass is 9.65. The van der Waals surface area contributed by atoms with Gasteiger partial charge < -0.3 is 4.90 Å². The van der Waals surface area contributed by atoms with Gasteiger partial charge in [0.25, 0.3) is 0 Å². The highest BCUT2D eigenvalue weighted by Crippen LogP contribution is 2.64. The van der Waals surface area contributed by atoms with Crippen LogP contribution < -0.4 is 4.90 Å². The Morgan fingerprint density at radius 2 is 0.657 bits per heavy atom. The van der Waals surface area contributed by atoms with Gasteiger partial charge in [-0.25, -0.2) is 0 Å². The van der Waals surface area contributed by atoms with Crippen LogP contribution in [0.5, 0.6) is 0 Å². The maximum atomic E-state index is 2.71. The lowest BCUT2D eigenvalue weighted by Crippen LogP contribution is -2.35. The summed E-state index contributed by atoms with van der Waals surface area (Å²) in [7, 11) is 0. The van der Waals surface area contributed by atoms with Gasteiger partial charge in [-0.1, -0.05) is 195 Å². The molecule has 1 heterocycles. The quantitative estimate of drug-likeness (QED) is 0.167. The Hall–Kier alpha value is -6.96. The van der Waals surface area contributed by atoms with E-state index in [1.165, 1.54) is 134 Å². The fourth-order valence-corrected chi connectivity index (χ4v) is 14.2. The van der Waals surface area contributed by atoms with Gasteiger partial charge in [-0.2, -0.15) is 0 Å². The fraction of sp³-hybridized carbons (Fsp3) is 0.212. The van der Waals surface area contributed by atoms with Crippen LogP contribution in [0.4, 0.5) is 17.1 Å². The number of anilines is 3. The van der Waals surface area contributed by atoms with Crippen LogP contribution in [-0.2, 0) is 27.1 Å². The van der Waals surface area contributed by atoms with Crippen LogP contribution in [0.1, 0.15) is 124 Å². The summed E-state index contributed by atoms with van der Waals surface area (Å²) in [5.41, 5.74) is 28.8. The molecule has 1 nitrogen and oxygen atoms in total. The van der Waals surface area contributed by atoms with Gasteiger partial charge in [0.1, 0.15) is 0 Å². The number of nitrogens with zero attached hydrogens (tertiary/aromatic N) is 1. The maximum Gasteiger partial charge on any atom is 0.0543 e. The van der Waals surface area contributed by atoms with E-state index in [1.54, 1.807) is 0 Å². The number of benzene rings is 9. The van der Waals surface area contributed by atoms with E-state index in [9.17, 15) is 0 Å². The van der Waals surface area contributed by atoms with E-state index in [4.69, 9.17) is 0 Å². The SMILES string of the molecule is CC1(C)c2ccccc2-c2cc3c(cc21)-c1c(cc(N2c4cc5c(cc4C(C)(c4ccccc4)c4cc6c(cc42)-c2ccccc2C6(C)C)C(C)(C)c2ccccc2-5)c2ccccc12)C3(C)C. The molecule has 9 aromatic rings. The van der Waals surface area contributed by atoms with Gasteiger partial charge in [-0.3, -0.25) is 0 Å². The first-order valence-electron chi connectivity index (χ1n) is 24.4. The van der Waals surface area contributed by atoms with E-state index < -0.39 is 5.41 Å². The first-order chi connectivity index (χ1) is 32.1. The van der Waals surface area contributed by atoms with Crippen molar-refractivity contribution in [3.8, 4) is 44.5 Å². The predicted molar refractivity (Wildman–Crippen MR) is 281 cm³/mol. The fourth-order valence-electron chi connectivity index (χ4n) is 14.2. The molecule has 5 aliphatic rings. The number of hydrogen-bond donors (Lipinski definition) is 0. The van der Waals surface area contributed by atoms with E-state index in [0.717, 1.165) is 0 Å². The van der Waals surface area contributed by atoms with Crippen molar-refractivity contribution in [1.82, 2.24) is 0 Å². The molecule has 1 aliphatic heterocycles. The van der Waals surface area contributed by atoms with Crippen molar-refractivity contribution < 1.29 is 0 Å². The summed E-state index contributed by atoms with van der Waals surface area (Å²) in [4.78, 5) is 2.71. The van der Waals surface area contributed by atoms with E-state index in [2.05, 4.69) is 237 Å². The molecule has 0 bridgehead atoms. The molecule has 0 amide bonds. The second-order valence-electron chi connectivity index (χ2n) is 22.6. The van der Waals surface area contributed by atoms with Gasteiger partial charge in [0.05, 0.1) is 17.1 Å². The van der Waals surface area contributed by atoms with Gasteiger partial charge in [-0.15, -0.1) is 0 Å². The number of hydrogen-bond acceptors (Lipinski definition) is 1. The average molecular weight is 862 g/mol. The minimum absolute atomic E-state index is 0.0862. The maximum absolute atomic E-state index is 2.71. The van der Waals surface area contributed by atoms with E-state index in [1.807, 2.05) is 0 Å². The molecule has 0 saturated carbocycles. The molecule has 1 heteroatoms. The van der Waals surface area contributed by atoms with Gasteiger partial charge in [-0.05, 0) is 148 Å². The van der Waals surface area contributed by atoms with E-state index in [-0.39, 0.29) is 21.7 Å². The van der Waals surface area contributed by atoms with Gasteiger partial charge in [0.15, 0.2) is 0 Å². The Kier molecular flexibility index (Phi) is 7.33. The molecule has 4 aliphatic carbocycles. The topological polar surface area (TPSA) is 3.24 Å². The molecule has 9 aromatic carbocycles. The molecule has 324 valence electrons. The highest BCUT2D eigenvalue weighted by molar-refractivity contribution is 6.12. The zero-order valence-corrected chi connectivity index (χ0v) is 40.1. The Bertz CT molecular complexity index is 3590. The zero-order valence-electron chi connectivity index (χ0n) is 40.1. The Morgan fingerprint density at radius 1 is 0.269 bits per heavy atom. The summed E-state index contributed by atoms with van der Waals surface area (Å²) < 4.78 is 0. The minimum atomic E-state index is -0.464. The summed E-state index contributed by atoms with van der Waals surface area (Å²) >= 11 is 0. The highest BCUT2D eigenvalue weighted by atomic mass is 15.2. The number of fused-ring (bicyclic) bond motifs is 16. The molecule has 0 unspecified atom stereocenters. The molecule has 0 spiro atoms. The first-order valence-corrected chi connectivity index (χ1v) is 24.4. The summed E-state index contributed by atoms with van der Waals surface area (Å²) in [6, 6.07) is 66.2. The summed E-state index contributed by atoms with van der Waals surface area (Å²) in [5.74, 6) is 0. The zero-order chi connectivity index (χ0) is 45.7. The Morgan fingerprint density at radius 3 is 1.18 bits per heavy atom. The normalized spacial score (nSPS) is 17.9. The summed E-state index contributed by atoms with van der Waals surface area (Å²) in [6.45, 7) is 22.0. The Balaban J connectivity index is 1.11. The van der Waals surface area contributed by atoms with Crippen molar-refractivity contribution in [3.05, 3.63) is 231 Å². The lowest BCUT2D eigenvalue weighted by molar-refractivity contribution is 0.637. The third-order valence-corrected chi connectivity index (χ3v) is 17.9. The van der Waals surface area contributed by atoms with Crippen molar-refractivity contribution >= 4 is 27.8 Å². The van der Waals surface area contributed by atoms with Crippen molar-refractivity contribution in [2.45, 2.75) is 89.4 Å². The number of rotatable bonds is 2. The summed E-state index contributed by atoms with van der Waals surface area (Å²) in [6.07, 6.45) is 0. The van der Waals surface area contributed by atoms with Crippen LogP contribution in [0.15, 0.2) is 170 Å².